The summed E-state index contributed by atoms with van der Waals surface area (Å²) >= 11 is 0. The number of benzene rings is 2. The molecule has 0 bridgehead atoms. The standard InChI is InChI=1S/C26H30N6O6S/c1-17-14-27-25(28-15-17)24(37-5)18(2)39(33,34)31-26-30-29-22(16-38-19-10-7-6-8-11-19)32(26)23-20(35-3)12-9-13-21(23)36-4/h6-15,18,24H,16H2,1-5H3,(H,30,31). The molecule has 0 aliphatic rings. The minimum Gasteiger partial charge on any atom is -0.494 e. The van der Waals surface area contributed by atoms with Crippen LogP contribution in [0.15, 0.2) is 60.9 Å². The highest BCUT2D eigenvalue weighted by Crippen LogP contribution is 2.36. The van der Waals surface area contributed by atoms with Gasteiger partial charge in [0.25, 0.3) is 0 Å². The first-order chi connectivity index (χ1) is 18.8. The lowest BCUT2D eigenvalue weighted by Crippen LogP contribution is -2.33. The van der Waals surface area contributed by atoms with Crippen molar-refractivity contribution in [3.05, 3.63) is 78.1 Å². The van der Waals surface area contributed by atoms with Gasteiger partial charge in [0.15, 0.2) is 11.6 Å². The third kappa shape index (κ3) is 6.10. The van der Waals surface area contributed by atoms with Crippen molar-refractivity contribution < 1.29 is 27.4 Å². The van der Waals surface area contributed by atoms with E-state index in [1.807, 2.05) is 25.1 Å². The van der Waals surface area contributed by atoms with Crippen molar-refractivity contribution in [2.45, 2.75) is 31.8 Å². The van der Waals surface area contributed by atoms with Crippen molar-refractivity contribution >= 4 is 16.0 Å². The topological polar surface area (TPSA) is 140 Å². The molecule has 0 saturated heterocycles. The zero-order chi connectivity index (χ0) is 28.0. The van der Waals surface area contributed by atoms with Gasteiger partial charge in [0.1, 0.15) is 40.9 Å². The number of nitrogens with zero attached hydrogens (tertiary/aromatic N) is 5. The van der Waals surface area contributed by atoms with E-state index in [1.165, 1.54) is 32.8 Å². The molecule has 2 aromatic carbocycles. The van der Waals surface area contributed by atoms with Crippen LogP contribution < -0.4 is 18.9 Å². The summed E-state index contributed by atoms with van der Waals surface area (Å²) in [4.78, 5) is 8.50. The number of aromatic nitrogens is 5. The van der Waals surface area contributed by atoms with Crippen molar-refractivity contribution in [2.24, 2.45) is 0 Å². The lowest BCUT2D eigenvalue weighted by Gasteiger charge is -2.23. The maximum absolute atomic E-state index is 13.6. The lowest BCUT2D eigenvalue weighted by atomic mass is 10.2. The van der Waals surface area contributed by atoms with Crippen LogP contribution in [0.25, 0.3) is 5.69 Å². The predicted octanol–water partition coefficient (Wildman–Crippen LogP) is 3.48. The van der Waals surface area contributed by atoms with E-state index in [-0.39, 0.29) is 18.4 Å². The van der Waals surface area contributed by atoms with Gasteiger partial charge in [-0.2, -0.15) is 0 Å². The SMILES string of the molecule is COc1cccc(OC)c1-n1c(COc2ccccc2)nnc1NS(=O)(=O)C(C)C(OC)c1ncc(C)cn1. The van der Waals surface area contributed by atoms with Gasteiger partial charge in [-0.3, -0.25) is 9.29 Å². The summed E-state index contributed by atoms with van der Waals surface area (Å²) in [6.45, 7) is 3.32. The first kappa shape index (κ1) is 27.8. The number of sulfonamides is 1. The molecule has 2 unspecified atom stereocenters. The monoisotopic (exact) mass is 554 g/mol. The Balaban J connectivity index is 1.75. The van der Waals surface area contributed by atoms with E-state index in [4.69, 9.17) is 18.9 Å². The quantitative estimate of drug-likeness (QED) is 0.277. The van der Waals surface area contributed by atoms with Crippen molar-refractivity contribution in [1.82, 2.24) is 24.7 Å². The number of nitrogens with one attached hydrogen (secondary N) is 1. The Hall–Kier alpha value is -4.23. The number of para-hydroxylation sites is 2. The molecule has 1 N–H and O–H groups in total. The van der Waals surface area contributed by atoms with E-state index in [9.17, 15) is 8.42 Å². The van der Waals surface area contributed by atoms with E-state index in [1.54, 1.807) is 42.7 Å². The normalized spacial score (nSPS) is 12.9. The van der Waals surface area contributed by atoms with Gasteiger partial charge in [0, 0.05) is 19.5 Å². The molecule has 0 saturated carbocycles. The van der Waals surface area contributed by atoms with Crippen LogP contribution in [-0.2, 0) is 21.4 Å². The Morgan fingerprint density at radius 2 is 1.56 bits per heavy atom. The average Bonchev–Trinajstić information content (AvgIpc) is 3.34. The predicted molar refractivity (Wildman–Crippen MR) is 144 cm³/mol. The van der Waals surface area contributed by atoms with Crippen LogP contribution in [0.4, 0.5) is 5.95 Å². The number of aryl methyl sites for hydroxylation is 1. The molecule has 2 atom stereocenters. The van der Waals surface area contributed by atoms with E-state index in [0.717, 1.165) is 5.56 Å². The van der Waals surface area contributed by atoms with E-state index in [0.29, 0.717) is 28.8 Å². The van der Waals surface area contributed by atoms with Crippen LogP contribution in [0, 0.1) is 6.92 Å². The second-order valence-electron chi connectivity index (χ2n) is 8.52. The van der Waals surface area contributed by atoms with Crippen molar-refractivity contribution in [3.8, 4) is 22.9 Å². The van der Waals surface area contributed by atoms with Crippen LogP contribution in [0.3, 0.4) is 0 Å². The molecular weight excluding hydrogens is 524 g/mol. The number of hydrogen-bond donors (Lipinski definition) is 1. The summed E-state index contributed by atoms with van der Waals surface area (Å²) in [5.41, 5.74) is 1.24. The molecule has 4 rings (SSSR count). The smallest absolute Gasteiger partial charge is 0.243 e. The van der Waals surface area contributed by atoms with Crippen LogP contribution in [0.5, 0.6) is 17.2 Å². The molecule has 13 heteroatoms. The maximum atomic E-state index is 13.6. The third-order valence-corrected chi connectivity index (χ3v) is 7.62. The Kier molecular flexibility index (Phi) is 8.62. The third-order valence-electron chi connectivity index (χ3n) is 5.93. The Bertz CT molecular complexity index is 1470. The summed E-state index contributed by atoms with van der Waals surface area (Å²) in [5.74, 6) is 1.88. The molecule has 2 aromatic heterocycles. The van der Waals surface area contributed by atoms with Gasteiger partial charge in [-0.15, -0.1) is 10.2 Å². The molecule has 4 aromatic rings. The summed E-state index contributed by atoms with van der Waals surface area (Å²) in [7, 11) is 0.296. The van der Waals surface area contributed by atoms with Gasteiger partial charge in [-0.1, -0.05) is 24.3 Å². The molecule has 2 heterocycles. The first-order valence-electron chi connectivity index (χ1n) is 12.0. The Labute approximate surface area is 227 Å². The highest BCUT2D eigenvalue weighted by Gasteiger charge is 2.35. The second-order valence-corrected chi connectivity index (χ2v) is 10.6. The number of hydrogen-bond acceptors (Lipinski definition) is 10. The van der Waals surface area contributed by atoms with Gasteiger partial charge < -0.3 is 18.9 Å². The highest BCUT2D eigenvalue weighted by atomic mass is 32.2. The minimum absolute atomic E-state index is 0.0204. The van der Waals surface area contributed by atoms with Crippen molar-refractivity contribution in [2.75, 3.05) is 26.1 Å². The number of rotatable bonds is 12. The van der Waals surface area contributed by atoms with Crippen LogP contribution in [-0.4, -0.2) is 59.7 Å². The van der Waals surface area contributed by atoms with Crippen LogP contribution >= 0.6 is 0 Å². The summed E-state index contributed by atoms with van der Waals surface area (Å²) in [6, 6.07) is 14.3. The minimum atomic E-state index is -4.11. The van der Waals surface area contributed by atoms with Gasteiger partial charge in [-0.25, -0.2) is 18.4 Å². The molecule has 0 aliphatic carbocycles. The van der Waals surface area contributed by atoms with Crippen LogP contribution in [0.2, 0.25) is 0 Å². The molecule has 206 valence electrons. The van der Waals surface area contributed by atoms with Crippen molar-refractivity contribution in [1.29, 1.82) is 0 Å². The number of ether oxygens (including phenoxy) is 4. The molecule has 0 radical (unpaired) electrons. The van der Waals surface area contributed by atoms with Crippen molar-refractivity contribution in [3.63, 3.8) is 0 Å². The molecule has 0 aliphatic heterocycles. The summed E-state index contributed by atoms with van der Waals surface area (Å²) in [5, 5.41) is 7.28. The molecule has 0 spiro atoms. The Morgan fingerprint density at radius 1 is 0.923 bits per heavy atom. The summed E-state index contributed by atoms with van der Waals surface area (Å²) < 4.78 is 53.8. The number of methoxy groups -OCH3 is 3. The van der Waals surface area contributed by atoms with Crippen LogP contribution in [0.1, 0.15) is 30.2 Å². The molecule has 12 nitrogen and oxygen atoms in total. The Morgan fingerprint density at radius 3 is 2.15 bits per heavy atom. The maximum Gasteiger partial charge on any atom is 0.243 e. The fourth-order valence-corrected chi connectivity index (χ4v) is 5.00. The highest BCUT2D eigenvalue weighted by molar-refractivity contribution is 7.93. The average molecular weight is 555 g/mol. The molecule has 0 amide bonds. The van der Waals surface area contributed by atoms with Gasteiger partial charge in [-0.05, 0) is 43.7 Å². The molecular formula is C26H30N6O6S. The lowest BCUT2D eigenvalue weighted by molar-refractivity contribution is 0.0949. The molecule has 39 heavy (non-hydrogen) atoms. The van der Waals surface area contributed by atoms with E-state index in [2.05, 4.69) is 24.9 Å². The summed E-state index contributed by atoms with van der Waals surface area (Å²) in [6.07, 6.45) is 2.26. The number of anilines is 1. The van der Waals surface area contributed by atoms with E-state index >= 15 is 0 Å². The zero-order valence-corrected chi connectivity index (χ0v) is 23.0. The van der Waals surface area contributed by atoms with Gasteiger partial charge >= 0.3 is 0 Å². The van der Waals surface area contributed by atoms with E-state index < -0.39 is 21.4 Å². The van der Waals surface area contributed by atoms with Gasteiger partial charge in [0.05, 0.1) is 14.2 Å². The fourth-order valence-electron chi connectivity index (χ4n) is 3.87. The van der Waals surface area contributed by atoms with Gasteiger partial charge in [0.2, 0.25) is 16.0 Å². The molecule has 0 fully saturated rings. The first-order valence-corrected chi connectivity index (χ1v) is 13.5. The fraction of sp³-hybridized carbons (Fsp3) is 0.308. The second kappa shape index (κ2) is 12.1. The zero-order valence-electron chi connectivity index (χ0n) is 22.2. The largest absolute Gasteiger partial charge is 0.494 e.